The average Bonchev–Trinajstić information content (AvgIpc) is 3.29. The Morgan fingerprint density at radius 2 is 2.06 bits per heavy atom. The number of rotatable bonds is 7. The number of carboxylic acid groups (broad SMARTS) is 1. The first-order valence-electron chi connectivity index (χ1n) is 10.8. The quantitative estimate of drug-likeness (QED) is 0.421. The van der Waals surface area contributed by atoms with Crippen LogP contribution < -0.4 is 19.1 Å². The first kappa shape index (κ1) is 22.5. The van der Waals surface area contributed by atoms with Gasteiger partial charge in [0.25, 0.3) is 6.01 Å². The number of halogens is 1. The number of pyridine rings is 1. The fraction of sp³-hybridized carbons (Fsp3) is 0.240. The predicted octanol–water partition coefficient (Wildman–Crippen LogP) is 3.97. The van der Waals surface area contributed by atoms with Crippen LogP contribution in [-0.4, -0.2) is 41.3 Å². The fourth-order valence-electron chi connectivity index (χ4n) is 4.14. The Labute approximate surface area is 199 Å². The summed E-state index contributed by atoms with van der Waals surface area (Å²) in [7, 11) is 3.08. The number of nitrogens with zero attached hydrogens (tertiary/aromatic N) is 3. The van der Waals surface area contributed by atoms with Crippen LogP contribution in [0.4, 0.5) is 10.4 Å². The minimum atomic E-state index is -1.04. The van der Waals surface area contributed by atoms with Gasteiger partial charge in [0.2, 0.25) is 5.88 Å². The van der Waals surface area contributed by atoms with Crippen LogP contribution in [0.15, 0.2) is 53.1 Å². The van der Waals surface area contributed by atoms with E-state index in [4.69, 9.17) is 18.6 Å². The number of aromatic nitrogens is 2. The van der Waals surface area contributed by atoms with Gasteiger partial charge in [0.05, 0.1) is 14.2 Å². The Balaban J connectivity index is 1.48. The zero-order chi connectivity index (χ0) is 24.5. The summed E-state index contributed by atoms with van der Waals surface area (Å²) < 4.78 is 36.0. The molecule has 1 N–H and O–H groups in total. The van der Waals surface area contributed by atoms with Gasteiger partial charge in [-0.3, -0.25) is 0 Å². The summed E-state index contributed by atoms with van der Waals surface area (Å²) >= 11 is 0. The highest BCUT2D eigenvalue weighted by Crippen LogP contribution is 2.40. The molecule has 1 aliphatic rings. The van der Waals surface area contributed by atoms with Crippen molar-refractivity contribution in [3.05, 3.63) is 71.2 Å². The van der Waals surface area contributed by atoms with Crippen LogP contribution in [0.1, 0.15) is 16.7 Å². The summed E-state index contributed by atoms with van der Waals surface area (Å²) in [5.41, 5.74) is 3.09. The van der Waals surface area contributed by atoms with Gasteiger partial charge in [0.1, 0.15) is 24.0 Å². The fourth-order valence-corrected chi connectivity index (χ4v) is 4.14. The molecule has 35 heavy (non-hydrogen) atoms. The molecule has 10 heteroatoms. The number of oxazole rings is 1. The van der Waals surface area contributed by atoms with Crippen molar-refractivity contribution in [3.8, 4) is 17.4 Å². The maximum atomic E-state index is 13.6. The van der Waals surface area contributed by atoms with Crippen molar-refractivity contribution in [3.63, 3.8) is 0 Å². The largest absolute Gasteiger partial charge is 0.493 e. The van der Waals surface area contributed by atoms with Gasteiger partial charge in [-0.1, -0.05) is 6.07 Å². The molecular weight excluding hydrogens is 457 g/mol. The molecule has 0 radical (unpaired) electrons. The second-order valence-electron chi connectivity index (χ2n) is 8.03. The number of hydrogen-bond donors (Lipinski definition) is 1. The molecule has 0 fully saturated rings. The molecule has 1 aliphatic heterocycles. The standard InChI is InChI=1S/C25H22FN3O6/c1-32-20-7-4-15-12-29(25-28-18-6-5-16(26)9-21(18)35-25)19(24(30)31)10-17(15)23(20)34-13-14-3-8-22(33-2)27-11-14/h3-9,11,19H,10,12-13H2,1-2H3,(H,30,31)/t19-/m0/s1. The van der Waals surface area contributed by atoms with Gasteiger partial charge in [-0.25, -0.2) is 14.2 Å². The van der Waals surface area contributed by atoms with Crippen LogP contribution >= 0.6 is 0 Å². The molecule has 9 nitrogen and oxygen atoms in total. The maximum Gasteiger partial charge on any atom is 0.326 e. The number of carbonyl (C=O) groups is 1. The molecule has 0 bridgehead atoms. The molecule has 0 unspecified atom stereocenters. The van der Waals surface area contributed by atoms with E-state index >= 15 is 0 Å². The van der Waals surface area contributed by atoms with E-state index in [1.807, 2.05) is 12.1 Å². The van der Waals surface area contributed by atoms with Crippen molar-refractivity contribution >= 4 is 23.1 Å². The first-order valence-corrected chi connectivity index (χ1v) is 10.8. The van der Waals surface area contributed by atoms with Crippen LogP contribution in [0.2, 0.25) is 0 Å². The van der Waals surface area contributed by atoms with Crippen LogP contribution in [0.3, 0.4) is 0 Å². The molecule has 2 aromatic carbocycles. The average molecular weight is 479 g/mol. The Bertz CT molecular complexity index is 1390. The lowest BCUT2D eigenvalue weighted by molar-refractivity contribution is -0.138. The van der Waals surface area contributed by atoms with E-state index in [0.29, 0.717) is 22.9 Å². The smallest absolute Gasteiger partial charge is 0.326 e. The molecule has 1 atom stereocenters. The van der Waals surface area contributed by atoms with E-state index in [1.165, 1.54) is 25.3 Å². The van der Waals surface area contributed by atoms with Gasteiger partial charge in [-0.15, -0.1) is 0 Å². The molecular formula is C25H22FN3O6. The number of benzene rings is 2. The van der Waals surface area contributed by atoms with Crippen molar-refractivity contribution in [1.29, 1.82) is 0 Å². The van der Waals surface area contributed by atoms with E-state index < -0.39 is 17.8 Å². The van der Waals surface area contributed by atoms with Crippen LogP contribution in [0.25, 0.3) is 11.1 Å². The second kappa shape index (κ2) is 9.13. The van der Waals surface area contributed by atoms with E-state index in [-0.39, 0.29) is 31.2 Å². The summed E-state index contributed by atoms with van der Waals surface area (Å²) in [5, 5.41) is 10.0. The normalized spacial score (nSPS) is 15.1. The number of methoxy groups -OCH3 is 2. The molecule has 4 aromatic rings. The summed E-state index contributed by atoms with van der Waals surface area (Å²) in [6.07, 6.45) is 1.78. The number of aliphatic carboxylic acids is 1. The molecule has 180 valence electrons. The predicted molar refractivity (Wildman–Crippen MR) is 123 cm³/mol. The molecule has 5 rings (SSSR count). The summed E-state index contributed by atoms with van der Waals surface area (Å²) in [6.45, 7) is 0.425. The Kier molecular flexibility index (Phi) is 5.86. The number of ether oxygens (including phenoxy) is 3. The van der Waals surface area contributed by atoms with Crippen molar-refractivity contribution in [2.24, 2.45) is 0 Å². The highest BCUT2D eigenvalue weighted by Gasteiger charge is 2.36. The second-order valence-corrected chi connectivity index (χ2v) is 8.03. The zero-order valence-electron chi connectivity index (χ0n) is 19.0. The van der Waals surface area contributed by atoms with Gasteiger partial charge in [-0.2, -0.15) is 4.98 Å². The van der Waals surface area contributed by atoms with Crippen LogP contribution in [0.5, 0.6) is 17.4 Å². The molecule has 3 heterocycles. The minimum absolute atomic E-state index is 0.117. The first-order chi connectivity index (χ1) is 17.0. The summed E-state index contributed by atoms with van der Waals surface area (Å²) in [4.78, 5) is 22.4. The minimum Gasteiger partial charge on any atom is -0.493 e. The van der Waals surface area contributed by atoms with Gasteiger partial charge < -0.3 is 28.6 Å². The van der Waals surface area contributed by atoms with Crippen molar-refractivity contribution in [2.75, 3.05) is 19.1 Å². The van der Waals surface area contributed by atoms with Crippen molar-refractivity contribution in [2.45, 2.75) is 25.6 Å². The van der Waals surface area contributed by atoms with Gasteiger partial charge >= 0.3 is 5.97 Å². The number of anilines is 1. The van der Waals surface area contributed by atoms with E-state index in [9.17, 15) is 14.3 Å². The Hall–Kier alpha value is -4.34. The van der Waals surface area contributed by atoms with Gasteiger partial charge in [0, 0.05) is 42.4 Å². The van der Waals surface area contributed by atoms with Gasteiger partial charge in [0.15, 0.2) is 17.1 Å². The number of fused-ring (bicyclic) bond motifs is 2. The molecule has 0 saturated heterocycles. The third kappa shape index (κ3) is 4.30. The van der Waals surface area contributed by atoms with Crippen LogP contribution in [-0.2, 0) is 24.4 Å². The monoisotopic (exact) mass is 479 g/mol. The summed E-state index contributed by atoms with van der Waals surface area (Å²) in [6, 6.07) is 10.4. The molecule has 0 amide bonds. The lowest BCUT2D eigenvalue weighted by Gasteiger charge is -2.34. The summed E-state index contributed by atoms with van der Waals surface area (Å²) in [5.74, 6) is -0.0293. The Morgan fingerprint density at radius 3 is 2.77 bits per heavy atom. The van der Waals surface area contributed by atoms with Gasteiger partial charge in [-0.05, 0) is 29.8 Å². The third-order valence-electron chi connectivity index (χ3n) is 5.92. The number of carboxylic acids is 1. The van der Waals surface area contributed by atoms with E-state index in [0.717, 1.165) is 16.7 Å². The highest BCUT2D eigenvalue weighted by atomic mass is 19.1. The van der Waals surface area contributed by atoms with E-state index in [1.54, 1.807) is 30.3 Å². The molecule has 0 aliphatic carbocycles. The molecule has 2 aromatic heterocycles. The molecule has 0 saturated carbocycles. The highest BCUT2D eigenvalue weighted by molar-refractivity contribution is 5.81. The van der Waals surface area contributed by atoms with Crippen molar-refractivity contribution < 1.29 is 32.9 Å². The van der Waals surface area contributed by atoms with E-state index in [2.05, 4.69) is 9.97 Å². The maximum absolute atomic E-state index is 13.6. The lowest BCUT2D eigenvalue weighted by Crippen LogP contribution is -2.46. The Morgan fingerprint density at radius 1 is 1.20 bits per heavy atom. The molecule has 0 spiro atoms. The lowest BCUT2D eigenvalue weighted by atomic mass is 9.93. The SMILES string of the molecule is COc1ccc(COc2c(OC)ccc3c2C[C@@H](C(=O)O)N(c2nc4ccc(F)cc4o2)C3)cn1. The topological polar surface area (TPSA) is 107 Å². The van der Waals surface area contributed by atoms with Crippen molar-refractivity contribution in [1.82, 2.24) is 9.97 Å². The zero-order valence-corrected chi connectivity index (χ0v) is 19.0. The third-order valence-corrected chi connectivity index (χ3v) is 5.92. The van der Waals surface area contributed by atoms with Crippen LogP contribution in [0, 0.1) is 5.82 Å². The number of hydrogen-bond acceptors (Lipinski definition) is 8.